The van der Waals surface area contributed by atoms with Crippen LogP contribution in [0.4, 0.5) is 5.69 Å². The number of nitro groups is 1. The van der Waals surface area contributed by atoms with Gasteiger partial charge in [0.15, 0.2) is 0 Å². The first-order valence-corrected chi connectivity index (χ1v) is 8.13. The number of aliphatic imine (C=N–C) groups is 1. The zero-order valence-electron chi connectivity index (χ0n) is 14.2. The standard InChI is InChI=1S/C19H18N4O3/c1-13(10-15-11-20-12-21-15)22-19(14-6-3-2-4-7-14)18-16(23(25)26)8-5-9-17(18)24/h2-9,11-13,24H,10H2,1H3,(H,20,21)/t13-/m1/s1. The first kappa shape index (κ1) is 17.3. The van der Waals surface area contributed by atoms with Crippen LogP contribution in [-0.4, -0.2) is 31.8 Å². The average Bonchev–Trinajstić information content (AvgIpc) is 3.13. The summed E-state index contributed by atoms with van der Waals surface area (Å²) in [7, 11) is 0. The van der Waals surface area contributed by atoms with Gasteiger partial charge in [-0.05, 0) is 13.0 Å². The summed E-state index contributed by atoms with van der Waals surface area (Å²) < 4.78 is 0. The second kappa shape index (κ2) is 7.60. The first-order chi connectivity index (χ1) is 12.6. The van der Waals surface area contributed by atoms with Crippen LogP contribution in [0.1, 0.15) is 23.7 Å². The molecular weight excluding hydrogens is 332 g/mol. The number of aromatic amines is 1. The van der Waals surface area contributed by atoms with Gasteiger partial charge in [-0.25, -0.2) is 4.98 Å². The Kier molecular flexibility index (Phi) is 5.07. The Bertz CT molecular complexity index is 921. The number of hydrogen-bond acceptors (Lipinski definition) is 5. The van der Waals surface area contributed by atoms with Crippen molar-refractivity contribution in [3.8, 4) is 5.75 Å². The summed E-state index contributed by atoms with van der Waals surface area (Å²) in [5, 5.41) is 21.8. The third-order valence-electron chi connectivity index (χ3n) is 3.92. The topological polar surface area (TPSA) is 104 Å². The van der Waals surface area contributed by atoms with Crippen molar-refractivity contribution in [3.63, 3.8) is 0 Å². The maximum atomic E-state index is 11.5. The van der Waals surface area contributed by atoms with Crippen molar-refractivity contribution in [3.05, 3.63) is 88.0 Å². The van der Waals surface area contributed by atoms with Crippen LogP contribution < -0.4 is 0 Å². The number of hydrogen-bond donors (Lipinski definition) is 2. The maximum absolute atomic E-state index is 11.5. The fourth-order valence-electron chi connectivity index (χ4n) is 2.78. The smallest absolute Gasteiger partial charge is 0.282 e. The van der Waals surface area contributed by atoms with E-state index in [4.69, 9.17) is 4.99 Å². The van der Waals surface area contributed by atoms with Crippen LogP contribution in [0.15, 0.2) is 66.0 Å². The summed E-state index contributed by atoms with van der Waals surface area (Å²) in [6.45, 7) is 1.91. The molecule has 7 nitrogen and oxygen atoms in total. The van der Waals surface area contributed by atoms with Gasteiger partial charge in [0.05, 0.1) is 23.0 Å². The van der Waals surface area contributed by atoms with Gasteiger partial charge in [0.2, 0.25) is 0 Å². The Balaban J connectivity index is 2.11. The SMILES string of the molecule is C[C@H](Cc1cnc[nH]1)N=C(c1ccccc1)c1c(O)cccc1[N+](=O)[O-]. The molecule has 0 unspecified atom stereocenters. The molecule has 1 aromatic heterocycles. The van der Waals surface area contributed by atoms with Crippen molar-refractivity contribution < 1.29 is 10.0 Å². The molecular formula is C19H18N4O3. The molecule has 0 amide bonds. The zero-order chi connectivity index (χ0) is 18.5. The van der Waals surface area contributed by atoms with E-state index in [1.54, 1.807) is 12.5 Å². The molecule has 26 heavy (non-hydrogen) atoms. The third-order valence-corrected chi connectivity index (χ3v) is 3.92. The van der Waals surface area contributed by atoms with E-state index >= 15 is 0 Å². The van der Waals surface area contributed by atoms with E-state index in [-0.39, 0.29) is 23.0 Å². The predicted molar refractivity (Wildman–Crippen MR) is 98.6 cm³/mol. The normalized spacial score (nSPS) is 12.7. The fourth-order valence-corrected chi connectivity index (χ4v) is 2.78. The Hall–Kier alpha value is -3.48. The molecule has 0 radical (unpaired) electrons. The van der Waals surface area contributed by atoms with Crippen LogP contribution in [0.3, 0.4) is 0 Å². The van der Waals surface area contributed by atoms with Gasteiger partial charge in [-0.15, -0.1) is 0 Å². The lowest BCUT2D eigenvalue weighted by Crippen LogP contribution is -2.13. The molecule has 2 aromatic carbocycles. The van der Waals surface area contributed by atoms with Gasteiger partial charge in [-0.2, -0.15) is 0 Å². The van der Waals surface area contributed by atoms with Crippen LogP contribution in [0, 0.1) is 10.1 Å². The van der Waals surface area contributed by atoms with E-state index in [1.807, 2.05) is 37.3 Å². The quantitative estimate of drug-likeness (QED) is 0.403. The summed E-state index contributed by atoms with van der Waals surface area (Å²) in [6.07, 6.45) is 3.91. The number of phenolic OH excluding ortho intramolecular Hbond substituents is 1. The summed E-state index contributed by atoms with van der Waals surface area (Å²) in [5.74, 6) is -0.171. The molecule has 7 heteroatoms. The van der Waals surface area contributed by atoms with Gasteiger partial charge < -0.3 is 10.1 Å². The highest BCUT2D eigenvalue weighted by Gasteiger charge is 2.24. The predicted octanol–water partition coefficient (Wildman–Crippen LogP) is 3.49. The lowest BCUT2D eigenvalue weighted by molar-refractivity contribution is -0.385. The van der Waals surface area contributed by atoms with Crippen LogP contribution >= 0.6 is 0 Å². The molecule has 0 bridgehead atoms. The fraction of sp³-hybridized carbons (Fsp3) is 0.158. The van der Waals surface area contributed by atoms with Crippen molar-refractivity contribution in [1.29, 1.82) is 0 Å². The van der Waals surface area contributed by atoms with E-state index < -0.39 is 4.92 Å². The molecule has 1 atom stereocenters. The van der Waals surface area contributed by atoms with Gasteiger partial charge in [-0.3, -0.25) is 15.1 Å². The third kappa shape index (κ3) is 3.77. The minimum absolute atomic E-state index is 0.125. The number of nitrogens with zero attached hydrogens (tertiary/aromatic N) is 3. The van der Waals surface area contributed by atoms with E-state index in [1.165, 1.54) is 18.2 Å². The number of phenols is 1. The molecule has 0 saturated heterocycles. The molecule has 3 rings (SSSR count). The minimum Gasteiger partial charge on any atom is -0.507 e. The summed E-state index contributed by atoms with van der Waals surface area (Å²) in [4.78, 5) is 22.7. The Morgan fingerprint density at radius 2 is 2.04 bits per heavy atom. The number of nitrogens with one attached hydrogen (secondary N) is 1. The Morgan fingerprint density at radius 1 is 1.27 bits per heavy atom. The number of nitro benzene ring substituents is 1. The van der Waals surface area contributed by atoms with Crippen molar-refractivity contribution in [2.24, 2.45) is 4.99 Å². The molecule has 1 heterocycles. The summed E-state index contributed by atoms with van der Waals surface area (Å²) in [6, 6.07) is 13.2. The number of aromatic nitrogens is 2. The molecule has 2 N–H and O–H groups in total. The number of H-pyrrole nitrogens is 1. The summed E-state index contributed by atoms with van der Waals surface area (Å²) >= 11 is 0. The van der Waals surface area contributed by atoms with Gasteiger partial charge >= 0.3 is 0 Å². The molecule has 0 spiro atoms. The lowest BCUT2D eigenvalue weighted by atomic mass is 9.99. The van der Waals surface area contributed by atoms with E-state index in [2.05, 4.69) is 9.97 Å². The number of aromatic hydroxyl groups is 1. The number of benzene rings is 2. The number of rotatable bonds is 6. The molecule has 0 aliphatic heterocycles. The van der Waals surface area contributed by atoms with E-state index in [9.17, 15) is 15.2 Å². The molecule has 0 fully saturated rings. The average molecular weight is 350 g/mol. The molecule has 3 aromatic rings. The lowest BCUT2D eigenvalue weighted by Gasteiger charge is -2.13. The largest absolute Gasteiger partial charge is 0.507 e. The van der Waals surface area contributed by atoms with Gasteiger partial charge in [0.1, 0.15) is 11.3 Å². The Labute approximate surface area is 150 Å². The second-order valence-corrected chi connectivity index (χ2v) is 5.90. The van der Waals surface area contributed by atoms with Crippen molar-refractivity contribution >= 4 is 11.4 Å². The van der Waals surface area contributed by atoms with Crippen LogP contribution in [0.5, 0.6) is 5.75 Å². The van der Waals surface area contributed by atoms with Crippen molar-refractivity contribution in [2.45, 2.75) is 19.4 Å². The maximum Gasteiger partial charge on any atom is 0.282 e. The van der Waals surface area contributed by atoms with Gasteiger partial charge in [0, 0.05) is 29.9 Å². The van der Waals surface area contributed by atoms with Crippen LogP contribution in [-0.2, 0) is 6.42 Å². The minimum atomic E-state index is -0.507. The molecule has 0 aliphatic carbocycles. The van der Waals surface area contributed by atoms with Crippen LogP contribution in [0.25, 0.3) is 0 Å². The number of imidazole rings is 1. The van der Waals surface area contributed by atoms with E-state index in [0.29, 0.717) is 17.7 Å². The summed E-state index contributed by atoms with van der Waals surface area (Å²) in [5.41, 5.74) is 1.96. The first-order valence-electron chi connectivity index (χ1n) is 8.13. The molecule has 132 valence electrons. The highest BCUT2D eigenvalue weighted by atomic mass is 16.6. The van der Waals surface area contributed by atoms with Crippen molar-refractivity contribution in [1.82, 2.24) is 9.97 Å². The van der Waals surface area contributed by atoms with Gasteiger partial charge in [0.25, 0.3) is 5.69 Å². The van der Waals surface area contributed by atoms with Crippen LogP contribution in [0.2, 0.25) is 0 Å². The van der Waals surface area contributed by atoms with E-state index in [0.717, 1.165) is 5.69 Å². The molecule has 0 aliphatic rings. The highest BCUT2D eigenvalue weighted by Crippen LogP contribution is 2.30. The van der Waals surface area contributed by atoms with Crippen molar-refractivity contribution in [2.75, 3.05) is 0 Å². The zero-order valence-corrected chi connectivity index (χ0v) is 14.2. The molecule has 0 saturated carbocycles. The van der Waals surface area contributed by atoms with Gasteiger partial charge in [-0.1, -0.05) is 36.4 Å². The highest BCUT2D eigenvalue weighted by molar-refractivity contribution is 6.16. The second-order valence-electron chi connectivity index (χ2n) is 5.90. The Morgan fingerprint density at radius 3 is 2.69 bits per heavy atom. The monoisotopic (exact) mass is 350 g/mol.